The number of rotatable bonds is 11. The van der Waals surface area contributed by atoms with Crippen molar-refractivity contribution in [3.8, 4) is 33.6 Å². The number of hydrogen-bond donors (Lipinski definition) is 4. The Morgan fingerprint density at radius 2 is 1.35 bits per heavy atom. The van der Waals surface area contributed by atoms with Crippen molar-refractivity contribution in [1.29, 1.82) is 0 Å². The molecule has 3 aliphatic heterocycles. The fourth-order valence-electron chi connectivity index (χ4n) is 10.1. The summed E-state index contributed by atoms with van der Waals surface area (Å²) in [6, 6.07) is 15.4. The lowest BCUT2D eigenvalue weighted by Crippen LogP contribution is -2.53. The van der Waals surface area contributed by atoms with Crippen LogP contribution < -0.4 is 10.6 Å². The number of hydrogen-bond acceptors (Lipinski definition) is 8. The van der Waals surface area contributed by atoms with Crippen LogP contribution in [0.15, 0.2) is 67.9 Å². The third kappa shape index (κ3) is 9.56. The number of likely N-dealkylation sites (tertiary alicyclic amines) is 2. The van der Waals surface area contributed by atoms with Gasteiger partial charge in [0.2, 0.25) is 11.8 Å². The maximum Gasteiger partial charge on any atom is 0.407 e. The molecule has 4 aliphatic rings. The molecule has 5 heterocycles. The number of imidazole rings is 1. The molecular formula is C49H63N7O7. The number of aromatic nitrogens is 3. The zero-order valence-electron chi connectivity index (χ0n) is 37.3. The van der Waals surface area contributed by atoms with Gasteiger partial charge in [0.1, 0.15) is 17.9 Å². The number of H-pyrrole nitrogens is 2. The molecule has 8 rings (SSSR count). The van der Waals surface area contributed by atoms with Crippen molar-refractivity contribution in [2.24, 2.45) is 11.8 Å². The Balaban J connectivity index is 0.00000293. The van der Waals surface area contributed by atoms with Gasteiger partial charge in [-0.2, -0.15) is 0 Å². The predicted octanol–water partition coefficient (Wildman–Crippen LogP) is 8.28. The second kappa shape index (κ2) is 20.1. The number of carbonyl (C=O) groups is 4. The van der Waals surface area contributed by atoms with Crippen LogP contribution in [0.25, 0.3) is 33.6 Å². The molecule has 14 nitrogen and oxygen atoms in total. The van der Waals surface area contributed by atoms with E-state index in [0.29, 0.717) is 32.5 Å². The van der Waals surface area contributed by atoms with Crippen molar-refractivity contribution in [3.63, 3.8) is 0 Å². The molecule has 336 valence electrons. The highest BCUT2D eigenvalue weighted by atomic mass is 16.5. The molecule has 0 spiro atoms. The van der Waals surface area contributed by atoms with E-state index in [2.05, 4.69) is 82.3 Å². The fraction of sp³-hybridized carbons (Fsp3) is 0.490. The van der Waals surface area contributed by atoms with Gasteiger partial charge in [-0.05, 0) is 110 Å². The van der Waals surface area contributed by atoms with E-state index in [1.165, 1.54) is 25.3 Å². The molecule has 63 heavy (non-hydrogen) atoms. The molecule has 4 aromatic rings. The summed E-state index contributed by atoms with van der Waals surface area (Å²) in [4.78, 5) is 68.3. The maximum atomic E-state index is 14.1. The number of fused-ring (bicyclic) bond motifs is 1. The van der Waals surface area contributed by atoms with E-state index < -0.39 is 24.3 Å². The first kappa shape index (κ1) is 45.1. The third-order valence-electron chi connectivity index (χ3n) is 13.2. The van der Waals surface area contributed by atoms with Crippen LogP contribution in [0.5, 0.6) is 0 Å². The number of aromatic amines is 2. The second-order valence-corrected chi connectivity index (χ2v) is 17.4. The summed E-state index contributed by atoms with van der Waals surface area (Å²) in [7, 11) is 2.63. The minimum atomic E-state index is -0.696. The molecule has 0 radical (unpaired) electrons. The number of benzene rings is 2. The lowest BCUT2D eigenvalue weighted by Gasteiger charge is -2.36. The second-order valence-electron chi connectivity index (χ2n) is 17.4. The van der Waals surface area contributed by atoms with Crippen molar-refractivity contribution in [3.05, 3.63) is 90.5 Å². The Morgan fingerprint density at radius 3 is 1.98 bits per heavy atom. The van der Waals surface area contributed by atoms with Gasteiger partial charge in [-0.1, -0.05) is 62.4 Å². The molecule has 3 saturated heterocycles. The Morgan fingerprint density at radius 1 is 0.762 bits per heavy atom. The van der Waals surface area contributed by atoms with E-state index in [0.717, 1.165) is 90.1 Å². The SMILES string of the molecule is C=C.COC(=O)NC(C(=O)N1CCCC1c1[nH]c(-c2ccc(-c3ccc(-c4cnc(C5CCCN5C(=O)C(NC(=O)OC)C5CCOC(C)C5)[nH]4)cc3)cc2)c2c1CCC2)C(C)C. The number of nitrogens with one attached hydrogen (secondary N) is 4. The molecule has 1 aliphatic carbocycles. The molecule has 3 fully saturated rings. The van der Waals surface area contributed by atoms with E-state index in [1.54, 1.807) is 0 Å². The van der Waals surface area contributed by atoms with Gasteiger partial charge in [0.05, 0.1) is 44.3 Å². The molecule has 0 saturated carbocycles. The van der Waals surface area contributed by atoms with Gasteiger partial charge in [-0.3, -0.25) is 9.59 Å². The van der Waals surface area contributed by atoms with Crippen LogP contribution >= 0.6 is 0 Å². The van der Waals surface area contributed by atoms with Crippen LogP contribution in [0, 0.1) is 11.8 Å². The van der Waals surface area contributed by atoms with Crippen LogP contribution in [0.2, 0.25) is 0 Å². The lowest BCUT2D eigenvalue weighted by molar-refractivity contribution is -0.137. The lowest BCUT2D eigenvalue weighted by atomic mass is 9.88. The summed E-state index contributed by atoms with van der Waals surface area (Å²) in [6.07, 6.45) is 8.49. The number of amides is 4. The van der Waals surface area contributed by atoms with E-state index in [4.69, 9.17) is 19.2 Å². The molecule has 4 N–H and O–H groups in total. The van der Waals surface area contributed by atoms with Gasteiger partial charge in [0, 0.05) is 31.1 Å². The average molecular weight is 862 g/mol. The van der Waals surface area contributed by atoms with Crippen molar-refractivity contribution < 1.29 is 33.4 Å². The van der Waals surface area contributed by atoms with Crippen LogP contribution in [-0.4, -0.2) is 101 Å². The summed E-state index contributed by atoms with van der Waals surface area (Å²) in [6.45, 7) is 13.7. The number of alkyl carbamates (subject to hydrolysis) is 2. The molecule has 6 atom stereocenters. The molecule has 6 unspecified atom stereocenters. The van der Waals surface area contributed by atoms with Crippen molar-refractivity contribution in [2.45, 2.75) is 109 Å². The highest BCUT2D eigenvalue weighted by Crippen LogP contribution is 2.43. The summed E-state index contributed by atoms with van der Waals surface area (Å²) >= 11 is 0. The molecule has 0 bridgehead atoms. The zero-order valence-corrected chi connectivity index (χ0v) is 37.3. The Hall–Kier alpha value is -5.89. The summed E-state index contributed by atoms with van der Waals surface area (Å²) in [5.41, 5.74) is 10.1. The Bertz CT molecular complexity index is 2230. The normalized spacial score (nSPS) is 21.6. The quantitative estimate of drug-likeness (QED) is 0.109. The smallest absolute Gasteiger partial charge is 0.407 e. The van der Waals surface area contributed by atoms with E-state index in [9.17, 15) is 19.2 Å². The van der Waals surface area contributed by atoms with Gasteiger partial charge in [0.25, 0.3) is 0 Å². The summed E-state index contributed by atoms with van der Waals surface area (Å²) in [5.74, 6) is 0.429. The van der Waals surface area contributed by atoms with Gasteiger partial charge < -0.3 is 44.6 Å². The van der Waals surface area contributed by atoms with Gasteiger partial charge in [-0.25, -0.2) is 14.6 Å². The van der Waals surface area contributed by atoms with Crippen LogP contribution in [-0.2, 0) is 36.6 Å². The van der Waals surface area contributed by atoms with Crippen molar-refractivity contribution >= 4 is 24.0 Å². The summed E-state index contributed by atoms with van der Waals surface area (Å²) in [5, 5.41) is 5.61. The first-order valence-electron chi connectivity index (χ1n) is 22.5. The highest BCUT2D eigenvalue weighted by Gasteiger charge is 2.42. The predicted molar refractivity (Wildman–Crippen MR) is 242 cm³/mol. The van der Waals surface area contributed by atoms with E-state index in [1.807, 2.05) is 36.8 Å². The Labute approximate surface area is 370 Å². The first-order valence-corrected chi connectivity index (χ1v) is 22.5. The Kier molecular flexibility index (Phi) is 14.4. The molecule has 2 aromatic carbocycles. The number of methoxy groups -OCH3 is 2. The number of nitrogens with zero attached hydrogens (tertiary/aromatic N) is 3. The van der Waals surface area contributed by atoms with Crippen molar-refractivity contribution in [1.82, 2.24) is 35.4 Å². The maximum absolute atomic E-state index is 14.1. The molecule has 4 amide bonds. The molecular weight excluding hydrogens is 799 g/mol. The van der Waals surface area contributed by atoms with Crippen LogP contribution in [0.4, 0.5) is 9.59 Å². The monoisotopic (exact) mass is 861 g/mol. The molecule has 2 aromatic heterocycles. The van der Waals surface area contributed by atoms with Crippen LogP contribution in [0.3, 0.4) is 0 Å². The average Bonchev–Trinajstić information content (AvgIpc) is 4.17. The number of carbonyl (C=O) groups excluding carboxylic acids is 4. The van der Waals surface area contributed by atoms with Crippen molar-refractivity contribution in [2.75, 3.05) is 33.9 Å². The standard InChI is InChI=1S/C47H59N7O7.C2H4/c1-27(2)39(51-46(57)59-4)44(55)53-22-7-11-37(53)42-35-10-6-9-34(35)40(50-42)32-19-15-30(16-20-32)29-13-17-31(18-14-29)36-26-48-43(49-36)38-12-8-23-54(38)45(56)41(52-47(58)60-5)33-21-24-61-28(3)25-33;1-2/h13-20,26-28,33,37-39,41,50H,6-12,21-25H2,1-5H3,(H,48,49)(H,51,57)(H,52,58);1-2H2. The minimum absolute atomic E-state index is 0.0124. The fourth-order valence-corrected chi connectivity index (χ4v) is 10.1. The zero-order chi connectivity index (χ0) is 44.8. The van der Waals surface area contributed by atoms with Crippen LogP contribution in [0.1, 0.15) is 100 Å². The van der Waals surface area contributed by atoms with E-state index >= 15 is 0 Å². The topological polar surface area (TPSA) is 171 Å². The first-order chi connectivity index (χ1) is 30.5. The largest absolute Gasteiger partial charge is 0.453 e. The van der Waals surface area contributed by atoms with E-state index in [-0.39, 0.29) is 41.8 Å². The van der Waals surface area contributed by atoms with Gasteiger partial charge in [-0.15, -0.1) is 13.2 Å². The third-order valence-corrected chi connectivity index (χ3v) is 13.2. The number of ether oxygens (including phenoxy) is 3. The van der Waals surface area contributed by atoms with Gasteiger partial charge >= 0.3 is 12.2 Å². The summed E-state index contributed by atoms with van der Waals surface area (Å²) < 4.78 is 15.5. The van der Waals surface area contributed by atoms with Gasteiger partial charge in [0.15, 0.2) is 0 Å². The molecule has 14 heteroatoms. The highest BCUT2D eigenvalue weighted by molar-refractivity contribution is 5.87. The minimum Gasteiger partial charge on any atom is -0.453 e.